The van der Waals surface area contributed by atoms with E-state index in [2.05, 4.69) is 47.9 Å². The van der Waals surface area contributed by atoms with Crippen LogP contribution in [-0.2, 0) is 23.6 Å². The van der Waals surface area contributed by atoms with Gasteiger partial charge in [0, 0.05) is 87.9 Å². The zero-order valence-corrected chi connectivity index (χ0v) is 35.7. The number of imidazole rings is 2. The van der Waals surface area contributed by atoms with Crippen LogP contribution in [-0.4, -0.2) is 122 Å². The molecule has 64 heavy (non-hydrogen) atoms. The Bertz CT molecular complexity index is 3010. The van der Waals surface area contributed by atoms with Gasteiger partial charge in [0.2, 0.25) is 17.8 Å². The lowest BCUT2D eigenvalue weighted by molar-refractivity contribution is 0.0958. The number of aromatic nitrogens is 10. The Balaban J connectivity index is 1.05. The number of fused-ring (bicyclic) bond motifs is 2. The molecule has 0 bridgehead atoms. The highest BCUT2D eigenvalue weighted by molar-refractivity contribution is 5.96. The number of nitrogens with zero attached hydrogens (tertiary/aromatic N) is 12. The highest BCUT2D eigenvalue weighted by Crippen LogP contribution is 2.37. The largest absolute Gasteiger partial charge is 0.481 e. The Morgan fingerprint density at radius 3 is 1.94 bits per heavy atom. The van der Waals surface area contributed by atoms with Gasteiger partial charge in [-0.15, -0.1) is 0 Å². The van der Waals surface area contributed by atoms with Crippen molar-refractivity contribution in [1.29, 1.82) is 0 Å². The first-order valence-electron chi connectivity index (χ1n) is 20.9. The van der Waals surface area contributed by atoms with E-state index >= 15 is 0 Å². The molecule has 0 aliphatic carbocycles. The molecule has 0 unspecified atom stereocenters. The first-order chi connectivity index (χ1) is 31.3. The normalized spacial score (nSPS) is 14.2. The number of morpholine rings is 2. The third kappa shape index (κ3) is 8.16. The first kappa shape index (κ1) is 40.3. The summed E-state index contributed by atoms with van der Waals surface area (Å²) < 4.78 is 21.1. The molecule has 10 rings (SSSR count). The maximum atomic E-state index is 12.2. The van der Waals surface area contributed by atoms with E-state index < -0.39 is 0 Å². The summed E-state index contributed by atoms with van der Waals surface area (Å²) in [5.74, 6) is 2.44. The van der Waals surface area contributed by atoms with Crippen LogP contribution >= 0.6 is 0 Å². The summed E-state index contributed by atoms with van der Waals surface area (Å²) in [4.78, 5) is 55.1. The molecule has 0 saturated carbocycles. The highest BCUT2D eigenvalue weighted by atomic mass is 16.5. The lowest BCUT2D eigenvalue weighted by atomic mass is 10.0. The Hall–Kier alpha value is -7.77. The number of carbonyl (C=O) groups excluding carboxylic acids is 1. The van der Waals surface area contributed by atoms with Crippen molar-refractivity contribution in [2.75, 3.05) is 87.2 Å². The number of methoxy groups -OCH3 is 1. The molecule has 8 aromatic rings. The number of ether oxygens (including phenoxy) is 3. The lowest BCUT2D eigenvalue weighted by Crippen LogP contribution is -2.37. The summed E-state index contributed by atoms with van der Waals surface area (Å²) in [6.07, 6.45) is 5.20. The van der Waals surface area contributed by atoms with Gasteiger partial charge in [0.25, 0.3) is 5.91 Å². The Labute approximate surface area is 367 Å². The van der Waals surface area contributed by atoms with E-state index in [1.54, 1.807) is 38.8 Å². The van der Waals surface area contributed by atoms with Crippen LogP contribution in [0.2, 0.25) is 0 Å². The van der Waals surface area contributed by atoms with Crippen LogP contribution < -0.4 is 30.5 Å². The number of aryl methyl sites for hydroxylation is 2. The highest BCUT2D eigenvalue weighted by Gasteiger charge is 2.22. The zero-order chi connectivity index (χ0) is 43.7. The van der Waals surface area contributed by atoms with Gasteiger partial charge in [-0.25, -0.2) is 29.9 Å². The number of hydrogen-bond donors (Lipinski definition) is 3. The van der Waals surface area contributed by atoms with Gasteiger partial charge in [-0.3, -0.25) is 4.79 Å². The van der Waals surface area contributed by atoms with E-state index in [1.807, 2.05) is 72.0 Å². The Morgan fingerprint density at radius 1 is 0.641 bits per heavy atom. The molecule has 19 nitrogen and oxygen atoms in total. The van der Waals surface area contributed by atoms with Gasteiger partial charge in [0.05, 0.1) is 97.2 Å². The number of pyridine rings is 2. The number of hydrogen-bond acceptors (Lipinski definition) is 16. The van der Waals surface area contributed by atoms with Gasteiger partial charge in [0.1, 0.15) is 17.3 Å². The maximum absolute atomic E-state index is 12.2. The topological polar surface area (TPSA) is 200 Å². The molecular weight excluding hydrogens is 815 g/mol. The molecule has 2 fully saturated rings. The second kappa shape index (κ2) is 17.2. The van der Waals surface area contributed by atoms with Crippen molar-refractivity contribution in [3.8, 4) is 39.7 Å². The molecule has 3 N–H and O–H groups in total. The Morgan fingerprint density at radius 2 is 1.28 bits per heavy atom. The summed E-state index contributed by atoms with van der Waals surface area (Å²) in [5.41, 5.74) is 9.81. The minimum absolute atomic E-state index is 0.267. The van der Waals surface area contributed by atoms with Crippen LogP contribution in [0.25, 0.3) is 55.8 Å². The SMILES string of the molecule is CNC(=O)c1ccc(Nc2cc(-c3cc(-c4cc(Nc5cc(-c6ccc7ncn(C)c7c6)nc(N6CCOCC6)n5)cc(OC)n4)c4ncn(C)c4c3)nc(N3CCOCC3)n2)cn1. The van der Waals surface area contributed by atoms with Gasteiger partial charge in [-0.2, -0.15) is 9.97 Å². The fourth-order valence-electron chi connectivity index (χ4n) is 7.81. The standard InChI is InChI=1S/C45H45N15O4/c1-46-43(61)33-8-6-29(24-47-33)50-39-23-35(54-45(55-39)60-11-15-64-16-12-60)28-17-31(42-38(19-28)58(3)26-49-42)36-20-30(21-41(52-36)62-4)51-40-22-34(53-44(56-40)59-9-13-63-14-10-59)27-5-7-32-37(18-27)57(2)25-48-32/h5-8,17-26H,9-16H2,1-4H3,(H,46,61)(H,50,54,55)(H,51,52,53,56). The van der Waals surface area contributed by atoms with Crippen LogP contribution in [0.1, 0.15) is 10.5 Å². The number of anilines is 6. The van der Waals surface area contributed by atoms with Gasteiger partial charge in [-0.1, -0.05) is 6.07 Å². The predicted molar refractivity (Wildman–Crippen MR) is 244 cm³/mol. The van der Waals surface area contributed by atoms with Crippen molar-refractivity contribution in [3.63, 3.8) is 0 Å². The van der Waals surface area contributed by atoms with Crippen molar-refractivity contribution in [2.24, 2.45) is 14.1 Å². The fraction of sp³-hybridized carbons (Fsp3) is 0.267. The van der Waals surface area contributed by atoms with Gasteiger partial charge >= 0.3 is 0 Å². The minimum Gasteiger partial charge on any atom is -0.481 e. The zero-order valence-electron chi connectivity index (χ0n) is 35.7. The molecule has 0 atom stereocenters. The van der Waals surface area contributed by atoms with Crippen molar-refractivity contribution >= 4 is 62.9 Å². The van der Waals surface area contributed by atoms with Crippen LogP contribution in [0, 0.1) is 0 Å². The number of rotatable bonds is 11. The molecule has 8 heterocycles. The van der Waals surface area contributed by atoms with Crippen molar-refractivity contribution in [2.45, 2.75) is 0 Å². The van der Waals surface area contributed by atoms with Crippen molar-refractivity contribution < 1.29 is 19.0 Å². The molecule has 2 aliphatic heterocycles. The predicted octanol–water partition coefficient (Wildman–Crippen LogP) is 5.36. The summed E-state index contributed by atoms with van der Waals surface area (Å²) in [6, 6.07) is 21.4. The van der Waals surface area contributed by atoms with Crippen molar-refractivity contribution in [3.05, 3.63) is 91.3 Å². The molecule has 2 aromatic carbocycles. The van der Waals surface area contributed by atoms with E-state index in [0.29, 0.717) is 110 Å². The second-order valence-corrected chi connectivity index (χ2v) is 15.4. The summed E-state index contributed by atoms with van der Waals surface area (Å²) in [5, 5.41) is 9.55. The van der Waals surface area contributed by atoms with Gasteiger partial charge in [-0.05, 0) is 42.5 Å². The molecule has 0 spiro atoms. The van der Waals surface area contributed by atoms with E-state index in [4.69, 9.17) is 44.1 Å². The third-order valence-corrected chi connectivity index (χ3v) is 11.2. The van der Waals surface area contributed by atoms with Crippen LogP contribution in [0.3, 0.4) is 0 Å². The van der Waals surface area contributed by atoms with Crippen molar-refractivity contribution in [1.82, 2.24) is 54.3 Å². The van der Waals surface area contributed by atoms with E-state index in [-0.39, 0.29) is 5.91 Å². The summed E-state index contributed by atoms with van der Waals surface area (Å²) >= 11 is 0. The van der Waals surface area contributed by atoms with E-state index in [9.17, 15) is 4.79 Å². The second-order valence-electron chi connectivity index (χ2n) is 15.4. The molecule has 2 saturated heterocycles. The average Bonchev–Trinajstić information content (AvgIpc) is 3.91. The number of nitrogens with one attached hydrogen (secondary N) is 3. The smallest absolute Gasteiger partial charge is 0.269 e. The molecule has 19 heteroatoms. The lowest BCUT2D eigenvalue weighted by Gasteiger charge is -2.27. The van der Waals surface area contributed by atoms with E-state index in [0.717, 1.165) is 44.5 Å². The fourth-order valence-corrected chi connectivity index (χ4v) is 7.81. The number of benzene rings is 2. The summed E-state index contributed by atoms with van der Waals surface area (Å²) in [7, 11) is 7.11. The molecule has 6 aromatic heterocycles. The first-order valence-corrected chi connectivity index (χ1v) is 20.9. The summed E-state index contributed by atoms with van der Waals surface area (Å²) in [6.45, 7) is 4.95. The number of amides is 1. The van der Waals surface area contributed by atoms with E-state index in [1.165, 1.54) is 0 Å². The quantitative estimate of drug-likeness (QED) is 0.150. The maximum Gasteiger partial charge on any atom is 0.269 e. The monoisotopic (exact) mass is 859 g/mol. The molecule has 2 aliphatic rings. The number of carbonyl (C=O) groups is 1. The average molecular weight is 860 g/mol. The van der Waals surface area contributed by atoms with Gasteiger partial charge in [0.15, 0.2) is 0 Å². The molecule has 324 valence electrons. The van der Waals surface area contributed by atoms with Crippen LogP contribution in [0.5, 0.6) is 5.88 Å². The van der Waals surface area contributed by atoms with Gasteiger partial charge < -0.3 is 49.1 Å². The van der Waals surface area contributed by atoms with Crippen LogP contribution in [0.4, 0.5) is 34.9 Å². The molecule has 1 amide bonds. The minimum atomic E-state index is -0.267. The molecular formula is C45H45N15O4. The third-order valence-electron chi connectivity index (χ3n) is 11.2. The molecule has 0 radical (unpaired) electrons. The van der Waals surface area contributed by atoms with Crippen LogP contribution in [0.15, 0.2) is 85.6 Å². The Kier molecular flexibility index (Phi) is 10.8.